The molecule has 0 radical (unpaired) electrons. The standard InChI is InChI=1S/C13H14BrN3OS/c14-11-8-16-17(9-11)6-1-7-18-12-4-2-10(3-5-12)13(15)19/h2-5,8-9H,1,6-7H2,(H2,15,19). The summed E-state index contributed by atoms with van der Waals surface area (Å²) >= 11 is 8.25. The summed E-state index contributed by atoms with van der Waals surface area (Å²) < 4.78 is 8.50. The highest BCUT2D eigenvalue weighted by molar-refractivity contribution is 9.10. The van der Waals surface area contributed by atoms with Crippen LogP contribution in [0, 0.1) is 0 Å². The number of aryl methyl sites for hydroxylation is 1. The zero-order valence-electron chi connectivity index (χ0n) is 10.3. The van der Waals surface area contributed by atoms with E-state index in [4.69, 9.17) is 22.7 Å². The summed E-state index contributed by atoms with van der Waals surface area (Å²) in [6, 6.07) is 7.47. The number of ether oxygens (including phenoxy) is 1. The van der Waals surface area contributed by atoms with Crippen molar-refractivity contribution >= 4 is 33.1 Å². The Kier molecular flexibility index (Phi) is 4.93. The largest absolute Gasteiger partial charge is 0.494 e. The molecule has 2 rings (SSSR count). The minimum absolute atomic E-state index is 0.399. The Labute approximate surface area is 125 Å². The third-order valence-electron chi connectivity index (χ3n) is 2.54. The number of nitrogens with two attached hydrogens (primary N) is 1. The predicted molar refractivity (Wildman–Crippen MR) is 82.4 cm³/mol. The van der Waals surface area contributed by atoms with E-state index in [-0.39, 0.29) is 0 Å². The number of hydrogen-bond acceptors (Lipinski definition) is 3. The van der Waals surface area contributed by atoms with Crippen LogP contribution < -0.4 is 10.5 Å². The van der Waals surface area contributed by atoms with Crippen LogP contribution in [0.25, 0.3) is 0 Å². The second-order valence-electron chi connectivity index (χ2n) is 4.01. The minimum atomic E-state index is 0.399. The average molecular weight is 340 g/mol. The molecular formula is C13H14BrN3OS. The minimum Gasteiger partial charge on any atom is -0.494 e. The van der Waals surface area contributed by atoms with Gasteiger partial charge in [0, 0.05) is 24.7 Å². The maximum absolute atomic E-state index is 5.63. The van der Waals surface area contributed by atoms with Crippen LogP contribution in [-0.4, -0.2) is 21.4 Å². The maximum atomic E-state index is 5.63. The summed E-state index contributed by atoms with van der Waals surface area (Å²) in [5, 5.41) is 4.18. The molecule has 0 aliphatic carbocycles. The summed E-state index contributed by atoms with van der Waals surface area (Å²) in [5.74, 6) is 0.821. The first kappa shape index (κ1) is 14.0. The van der Waals surface area contributed by atoms with Crippen molar-refractivity contribution in [3.63, 3.8) is 0 Å². The van der Waals surface area contributed by atoms with Gasteiger partial charge in [-0.2, -0.15) is 5.10 Å². The van der Waals surface area contributed by atoms with E-state index >= 15 is 0 Å². The van der Waals surface area contributed by atoms with Crippen molar-refractivity contribution in [2.45, 2.75) is 13.0 Å². The van der Waals surface area contributed by atoms with E-state index in [1.54, 1.807) is 6.20 Å². The van der Waals surface area contributed by atoms with Crippen LogP contribution in [-0.2, 0) is 6.54 Å². The first-order chi connectivity index (χ1) is 9.15. The number of halogens is 1. The van der Waals surface area contributed by atoms with Gasteiger partial charge in [-0.25, -0.2) is 0 Å². The molecule has 0 amide bonds. The molecule has 2 aromatic rings. The van der Waals surface area contributed by atoms with Crippen LogP contribution in [0.5, 0.6) is 5.75 Å². The van der Waals surface area contributed by atoms with Crippen molar-refractivity contribution in [2.75, 3.05) is 6.61 Å². The average Bonchev–Trinajstić information content (AvgIpc) is 2.81. The quantitative estimate of drug-likeness (QED) is 0.649. The summed E-state index contributed by atoms with van der Waals surface area (Å²) in [6.45, 7) is 1.47. The van der Waals surface area contributed by atoms with Crippen molar-refractivity contribution < 1.29 is 4.74 Å². The molecule has 1 aromatic heterocycles. The fraction of sp³-hybridized carbons (Fsp3) is 0.231. The molecule has 0 atom stereocenters. The van der Waals surface area contributed by atoms with Crippen molar-refractivity contribution in [1.29, 1.82) is 0 Å². The molecule has 0 aliphatic rings. The fourth-order valence-electron chi connectivity index (χ4n) is 1.59. The molecule has 19 heavy (non-hydrogen) atoms. The topological polar surface area (TPSA) is 53.1 Å². The summed E-state index contributed by atoms with van der Waals surface area (Å²) in [4.78, 5) is 0.399. The van der Waals surface area contributed by atoms with Crippen LogP contribution in [0.2, 0.25) is 0 Å². The molecule has 4 nitrogen and oxygen atoms in total. The van der Waals surface area contributed by atoms with E-state index in [9.17, 15) is 0 Å². The highest BCUT2D eigenvalue weighted by Crippen LogP contribution is 2.12. The number of nitrogens with zero attached hydrogens (tertiary/aromatic N) is 2. The Bertz CT molecular complexity index is 553. The third-order valence-corrected chi connectivity index (χ3v) is 3.19. The molecule has 0 unspecified atom stereocenters. The Balaban J connectivity index is 1.75. The van der Waals surface area contributed by atoms with E-state index in [1.165, 1.54) is 0 Å². The van der Waals surface area contributed by atoms with Gasteiger partial charge in [-0.3, -0.25) is 4.68 Å². The van der Waals surface area contributed by atoms with Gasteiger partial charge in [0.05, 0.1) is 17.3 Å². The van der Waals surface area contributed by atoms with E-state index in [0.717, 1.165) is 28.8 Å². The van der Waals surface area contributed by atoms with Gasteiger partial charge in [-0.15, -0.1) is 0 Å². The lowest BCUT2D eigenvalue weighted by Gasteiger charge is -2.07. The van der Waals surface area contributed by atoms with Crippen molar-refractivity contribution in [1.82, 2.24) is 9.78 Å². The van der Waals surface area contributed by atoms with E-state index < -0.39 is 0 Å². The van der Waals surface area contributed by atoms with E-state index in [1.807, 2.05) is 35.1 Å². The molecule has 100 valence electrons. The number of rotatable bonds is 6. The fourth-order valence-corrected chi connectivity index (χ4v) is 2.06. The normalized spacial score (nSPS) is 10.4. The molecule has 0 saturated heterocycles. The van der Waals surface area contributed by atoms with E-state index in [0.29, 0.717) is 11.6 Å². The van der Waals surface area contributed by atoms with Gasteiger partial charge in [0.1, 0.15) is 10.7 Å². The molecule has 6 heteroatoms. The van der Waals surface area contributed by atoms with Gasteiger partial charge < -0.3 is 10.5 Å². The molecule has 0 spiro atoms. The zero-order valence-corrected chi connectivity index (χ0v) is 12.7. The summed E-state index contributed by atoms with van der Waals surface area (Å²) in [7, 11) is 0. The second kappa shape index (κ2) is 6.68. The predicted octanol–water partition coefficient (Wildman–Crippen LogP) is 2.75. The molecule has 2 N–H and O–H groups in total. The Morgan fingerprint density at radius 2 is 2.11 bits per heavy atom. The van der Waals surface area contributed by atoms with Crippen molar-refractivity contribution in [3.8, 4) is 5.75 Å². The molecular weight excluding hydrogens is 326 g/mol. The number of hydrogen-bond donors (Lipinski definition) is 1. The van der Waals surface area contributed by atoms with Crippen molar-refractivity contribution in [3.05, 3.63) is 46.7 Å². The van der Waals surface area contributed by atoms with Gasteiger partial charge in [-0.05, 0) is 40.2 Å². The van der Waals surface area contributed by atoms with Crippen LogP contribution in [0.1, 0.15) is 12.0 Å². The monoisotopic (exact) mass is 339 g/mol. The van der Waals surface area contributed by atoms with Gasteiger partial charge >= 0.3 is 0 Å². The Morgan fingerprint density at radius 3 is 2.68 bits per heavy atom. The van der Waals surface area contributed by atoms with Crippen LogP contribution in [0.4, 0.5) is 0 Å². The zero-order chi connectivity index (χ0) is 13.7. The SMILES string of the molecule is NC(=S)c1ccc(OCCCn2cc(Br)cn2)cc1. The molecule has 0 bridgehead atoms. The molecule has 1 heterocycles. The van der Waals surface area contributed by atoms with Gasteiger partial charge in [-0.1, -0.05) is 12.2 Å². The van der Waals surface area contributed by atoms with Crippen LogP contribution >= 0.6 is 28.1 Å². The smallest absolute Gasteiger partial charge is 0.119 e. The number of aromatic nitrogens is 2. The number of benzene rings is 1. The van der Waals surface area contributed by atoms with Crippen LogP contribution in [0.15, 0.2) is 41.1 Å². The summed E-state index contributed by atoms with van der Waals surface area (Å²) in [5.41, 5.74) is 6.38. The molecule has 0 saturated carbocycles. The lowest BCUT2D eigenvalue weighted by Crippen LogP contribution is -2.09. The first-order valence-electron chi connectivity index (χ1n) is 5.86. The van der Waals surface area contributed by atoms with Gasteiger partial charge in [0.15, 0.2) is 0 Å². The first-order valence-corrected chi connectivity index (χ1v) is 7.06. The Hall–Kier alpha value is -1.40. The second-order valence-corrected chi connectivity index (χ2v) is 5.37. The highest BCUT2D eigenvalue weighted by atomic mass is 79.9. The molecule has 0 aliphatic heterocycles. The molecule has 0 fully saturated rings. The highest BCUT2D eigenvalue weighted by Gasteiger charge is 1.99. The lowest BCUT2D eigenvalue weighted by molar-refractivity contribution is 0.298. The van der Waals surface area contributed by atoms with Gasteiger partial charge in [0.25, 0.3) is 0 Å². The van der Waals surface area contributed by atoms with Crippen LogP contribution in [0.3, 0.4) is 0 Å². The molecule has 1 aromatic carbocycles. The lowest BCUT2D eigenvalue weighted by atomic mass is 10.2. The third kappa shape index (κ3) is 4.33. The maximum Gasteiger partial charge on any atom is 0.119 e. The van der Waals surface area contributed by atoms with Gasteiger partial charge in [0.2, 0.25) is 0 Å². The Morgan fingerprint density at radius 1 is 1.37 bits per heavy atom. The number of thiocarbonyl (C=S) groups is 1. The van der Waals surface area contributed by atoms with Crippen molar-refractivity contribution in [2.24, 2.45) is 5.73 Å². The summed E-state index contributed by atoms with van der Waals surface area (Å²) in [6.07, 6.45) is 4.61. The van der Waals surface area contributed by atoms with E-state index in [2.05, 4.69) is 21.0 Å².